The normalized spacial score (nSPS) is 11.3. The number of hydrogen-bond acceptors (Lipinski definition) is 3. The molecule has 0 saturated carbocycles. The van der Waals surface area contributed by atoms with E-state index in [9.17, 15) is 8.42 Å². The maximum atomic E-state index is 11.4. The quantitative estimate of drug-likeness (QED) is 0.941. The lowest BCUT2D eigenvalue weighted by molar-refractivity contribution is 0.303. The van der Waals surface area contributed by atoms with Crippen molar-refractivity contribution in [1.82, 2.24) is 0 Å². The van der Waals surface area contributed by atoms with E-state index in [-0.39, 0.29) is 4.90 Å². The highest BCUT2D eigenvalue weighted by atomic mass is 32.2. The molecule has 106 valence electrons. The summed E-state index contributed by atoms with van der Waals surface area (Å²) in [5, 5.41) is 5.17. The van der Waals surface area contributed by atoms with E-state index in [4.69, 9.17) is 9.88 Å². The first-order chi connectivity index (χ1) is 9.38. The van der Waals surface area contributed by atoms with Gasteiger partial charge in [-0.1, -0.05) is 30.3 Å². The van der Waals surface area contributed by atoms with E-state index in [2.05, 4.69) is 0 Å². The predicted molar refractivity (Wildman–Crippen MR) is 78.1 cm³/mol. The van der Waals surface area contributed by atoms with Crippen molar-refractivity contribution in [3.05, 3.63) is 59.2 Å². The van der Waals surface area contributed by atoms with Crippen molar-refractivity contribution < 1.29 is 13.2 Å². The van der Waals surface area contributed by atoms with Crippen molar-refractivity contribution in [2.75, 3.05) is 0 Å². The maximum Gasteiger partial charge on any atom is 0.238 e. The van der Waals surface area contributed by atoms with Crippen molar-refractivity contribution in [3.8, 4) is 5.75 Å². The largest absolute Gasteiger partial charge is 0.489 e. The lowest BCUT2D eigenvalue weighted by atomic mass is 10.1. The molecule has 4 nitrogen and oxygen atoms in total. The first-order valence-electron chi connectivity index (χ1n) is 6.18. The molecule has 5 heteroatoms. The molecule has 0 fully saturated rings. The van der Waals surface area contributed by atoms with Gasteiger partial charge in [-0.05, 0) is 42.7 Å². The molecule has 2 aromatic rings. The van der Waals surface area contributed by atoms with E-state index >= 15 is 0 Å². The monoisotopic (exact) mass is 291 g/mol. The minimum atomic E-state index is -3.70. The number of nitrogens with two attached hydrogens (primary N) is 1. The molecule has 0 heterocycles. The van der Waals surface area contributed by atoms with Crippen LogP contribution in [0.1, 0.15) is 16.7 Å². The van der Waals surface area contributed by atoms with Gasteiger partial charge in [0, 0.05) is 0 Å². The molecule has 0 unspecified atom stereocenters. The van der Waals surface area contributed by atoms with E-state index in [1.165, 1.54) is 0 Å². The van der Waals surface area contributed by atoms with Gasteiger partial charge in [-0.3, -0.25) is 0 Å². The first-order valence-corrected chi connectivity index (χ1v) is 7.73. The molecule has 0 saturated heterocycles. The van der Waals surface area contributed by atoms with Crippen molar-refractivity contribution in [2.45, 2.75) is 25.3 Å². The number of primary sulfonamides is 1. The van der Waals surface area contributed by atoms with Crippen LogP contribution in [-0.2, 0) is 16.6 Å². The highest BCUT2D eigenvalue weighted by Crippen LogP contribution is 2.25. The van der Waals surface area contributed by atoms with E-state index < -0.39 is 10.0 Å². The fourth-order valence-corrected chi connectivity index (χ4v) is 2.81. The molecule has 0 radical (unpaired) electrons. The zero-order valence-electron chi connectivity index (χ0n) is 11.5. The molecule has 2 N–H and O–H groups in total. The van der Waals surface area contributed by atoms with Gasteiger partial charge in [0.15, 0.2) is 0 Å². The van der Waals surface area contributed by atoms with Crippen LogP contribution >= 0.6 is 0 Å². The second-order valence-corrected chi connectivity index (χ2v) is 6.23. The van der Waals surface area contributed by atoms with Crippen LogP contribution in [0.5, 0.6) is 5.75 Å². The molecule has 0 amide bonds. The Balaban J connectivity index is 2.24. The number of sulfonamides is 1. The Morgan fingerprint density at radius 1 is 1.05 bits per heavy atom. The summed E-state index contributed by atoms with van der Waals surface area (Å²) in [7, 11) is -3.70. The topological polar surface area (TPSA) is 69.4 Å². The van der Waals surface area contributed by atoms with E-state index in [0.717, 1.165) is 11.1 Å². The lowest BCUT2D eigenvalue weighted by Gasteiger charge is -2.12. The van der Waals surface area contributed by atoms with Crippen LogP contribution in [0.25, 0.3) is 0 Å². The smallest absolute Gasteiger partial charge is 0.238 e. The van der Waals surface area contributed by atoms with Crippen LogP contribution in [0.2, 0.25) is 0 Å². The summed E-state index contributed by atoms with van der Waals surface area (Å²) < 4.78 is 28.6. The number of ether oxygens (including phenoxy) is 1. The van der Waals surface area contributed by atoms with Gasteiger partial charge in [0.2, 0.25) is 10.0 Å². The van der Waals surface area contributed by atoms with E-state index in [0.29, 0.717) is 17.9 Å². The molecule has 20 heavy (non-hydrogen) atoms. The third kappa shape index (κ3) is 3.37. The predicted octanol–water partition coefficient (Wildman–Crippen LogP) is 2.53. The number of aryl methyl sites for hydroxylation is 2. The molecule has 0 aromatic heterocycles. The molecule has 0 spiro atoms. The minimum Gasteiger partial charge on any atom is -0.489 e. The van der Waals surface area contributed by atoms with Crippen LogP contribution in [-0.4, -0.2) is 8.42 Å². The summed E-state index contributed by atoms with van der Waals surface area (Å²) in [6, 6.07) is 13.0. The maximum absolute atomic E-state index is 11.4. The summed E-state index contributed by atoms with van der Waals surface area (Å²) in [6.45, 7) is 3.94. The highest BCUT2D eigenvalue weighted by Gasteiger charge is 2.14. The third-order valence-corrected chi connectivity index (χ3v) is 4.07. The van der Waals surface area contributed by atoms with Gasteiger partial charge in [0.05, 0.1) is 4.90 Å². The number of hydrogen-bond donors (Lipinski definition) is 1. The van der Waals surface area contributed by atoms with Gasteiger partial charge in [0.1, 0.15) is 12.4 Å². The molecule has 0 bridgehead atoms. The summed E-state index contributed by atoms with van der Waals surface area (Å²) in [5.41, 5.74) is 2.39. The van der Waals surface area contributed by atoms with E-state index in [1.807, 2.05) is 30.3 Å². The molecule has 0 aliphatic carbocycles. The van der Waals surface area contributed by atoms with Crippen molar-refractivity contribution in [3.63, 3.8) is 0 Å². The summed E-state index contributed by atoms with van der Waals surface area (Å²) in [4.78, 5) is 0.141. The molecule has 2 rings (SSSR count). The SMILES string of the molecule is Cc1cc(S(N)(=O)=O)c(C)cc1OCc1ccccc1. The average molecular weight is 291 g/mol. The Bertz CT molecular complexity index is 709. The van der Waals surface area contributed by atoms with Gasteiger partial charge in [-0.2, -0.15) is 0 Å². The number of benzene rings is 2. The van der Waals surface area contributed by atoms with Gasteiger partial charge >= 0.3 is 0 Å². The Morgan fingerprint density at radius 3 is 2.30 bits per heavy atom. The lowest BCUT2D eigenvalue weighted by Crippen LogP contribution is -2.14. The van der Waals surface area contributed by atoms with Gasteiger partial charge < -0.3 is 4.74 Å². The molecule has 0 aliphatic heterocycles. The highest BCUT2D eigenvalue weighted by molar-refractivity contribution is 7.89. The van der Waals surface area contributed by atoms with Crippen LogP contribution in [0.4, 0.5) is 0 Å². The molecular weight excluding hydrogens is 274 g/mol. The van der Waals surface area contributed by atoms with Crippen LogP contribution in [0, 0.1) is 13.8 Å². The summed E-state index contributed by atoms with van der Waals surface area (Å²) >= 11 is 0. The van der Waals surface area contributed by atoms with E-state index in [1.54, 1.807) is 26.0 Å². The van der Waals surface area contributed by atoms with Crippen molar-refractivity contribution >= 4 is 10.0 Å². The molecular formula is C15H17NO3S. The Morgan fingerprint density at radius 2 is 1.70 bits per heavy atom. The van der Waals surface area contributed by atoms with Gasteiger partial charge in [0.25, 0.3) is 0 Å². The van der Waals surface area contributed by atoms with Gasteiger partial charge in [-0.15, -0.1) is 0 Å². The number of rotatable bonds is 4. The Hall–Kier alpha value is -1.85. The van der Waals surface area contributed by atoms with Gasteiger partial charge in [-0.25, -0.2) is 13.6 Å². The standard InChI is InChI=1S/C15H17NO3S/c1-11-9-15(20(16,17)18)12(2)8-14(11)19-10-13-6-4-3-5-7-13/h3-9H,10H2,1-2H3,(H2,16,17,18). The molecule has 0 aliphatic rings. The van der Waals surface area contributed by atoms with Crippen LogP contribution in [0.3, 0.4) is 0 Å². The second kappa shape index (κ2) is 5.64. The average Bonchev–Trinajstić information content (AvgIpc) is 2.39. The molecule has 0 atom stereocenters. The minimum absolute atomic E-state index is 0.141. The molecule has 2 aromatic carbocycles. The van der Waals surface area contributed by atoms with Crippen molar-refractivity contribution in [1.29, 1.82) is 0 Å². The Labute approximate surface area is 119 Å². The third-order valence-electron chi connectivity index (χ3n) is 3.02. The second-order valence-electron chi connectivity index (χ2n) is 4.70. The first kappa shape index (κ1) is 14.6. The van der Waals surface area contributed by atoms with Crippen LogP contribution in [0.15, 0.2) is 47.4 Å². The fourth-order valence-electron chi connectivity index (χ4n) is 1.96. The Kier molecular flexibility index (Phi) is 4.11. The zero-order valence-corrected chi connectivity index (χ0v) is 12.3. The van der Waals surface area contributed by atoms with Crippen molar-refractivity contribution in [2.24, 2.45) is 5.14 Å². The van der Waals surface area contributed by atoms with Crippen LogP contribution < -0.4 is 9.88 Å². The fraction of sp³-hybridized carbons (Fsp3) is 0.200. The zero-order chi connectivity index (χ0) is 14.8. The summed E-state index contributed by atoms with van der Waals surface area (Å²) in [6.07, 6.45) is 0. The summed E-state index contributed by atoms with van der Waals surface area (Å²) in [5.74, 6) is 0.666.